The van der Waals surface area contributed by atoms with E-state index in [0.29, 0.717) is 32.1 Å². The molecule has 0 saturated carbocycles. The van der Waals surface area contributed by atoms with Crippen molar-refractivity contribution >= 4 is 48.9 Å². The van der Waals surface area contributed by atoms with Crippen LogP contribution in [0.3, 0.4) is 0 Å². The number of halogens is 2. The van der Waals surface area contributed by atoms with Crippen molar-refractivity contribution in [3.8, 4) is 0 Å². The molecule has 1 aromatic heterocycles. The van der Waals surface area contributed by atoms with Gasteiger partial charge in [-0.05, 0) is 54.3 Å². The number of hydrogen-bond acceptors (Lipinski definition) is 4. The van der Waals surface area contributed by atoms with Gasteiger partial charge in [-0.3, -0.25) is 4.90 Å². The zero-order valence-corrected chi connectivity index (χ0v) is 15.6. The number of rotatable bonds is 3. The molecule has 0 amide bonds. The van der Waals surface area contributed by atoms with E-state index in [1.165, 1.54) is 30.6 Å². The van der Waals surface area contributed by atoms with Crippen LogP contribution in [-0.2, 0) is 10.0 Å². The van der Waals surface area contributed by atoms with E-state index in [-0.39, 0.29) is 0 Å². The molecular weight excluding hydrogens is 396 g/mol. The molecule has 21 heavy (non-hydrogen) atoms. The Balaban J connectivity index is 1.72. The van der Waals surface area contributed by atoms with Gasteiger partial charge in [0.05, 0.1) is 8.81 Å². The Morgan fingerprint density at radius 2 is 1.95 bits per heavy atom. The first-order valence-corrected chi connectivity index (χ1v) is 10.6. The van der Waals surface area contributed by atoms with Crippen LogP contribution in [0.15, 0.2) is 14.1 Å². The van der Waals surface area contributed by atoms with Crippen molar-refractivity contribution in [1.82, 2.24) is 9.21 Å². The van der Waals surface area contributed by atoms with Crippen LogP contribution in [0.5, 0.6) is 0 Å². The van der Waals surface area contributed by atoms with Gasteiger partial charge < -0.3 is 0 Å². The Hall–Kier alpha value is 0.340. The standard InChI is InChI=1S/C13H18BrClN2O2S2/c14-13-11(15)8-12(20-13)21(18,19)17-7-4-10(9-17)16-5-2-1-3-6-16/h8,10H,1-7,9H2. The predicted molar refractivity (Wildman–Crippen MR) is 89.6 cm³/mol. The zero-order chi connectivity index (χ0) is 15.0. The number of piperidine rings is 1. The molecule has 2 aliphatic rings. The maximum Gasteiger partial charge on any atom is 0.252 e. The van der Waals surface area contributed by atoms with Crippen LogP contribution in [-0.4, -0.2) is 49.8 Å². The molecule has 3 heterocycles. The van der Waals surface area contributed by atoms with Crippen LogP contribution < -0.4 is 0 Å². The summed E-state index contributed by atoms with van der Waals surface area (Å²) < 4.78 is 28.0. The lowest BCUT2D eigenvalue weighted by Crippen LogP contribution is -2.41. The molecule has 8 heteroatoms. The van der Waals surface area contributed by atoms with Gasteiger partial charge >= 0.3 is 0 Å². The van der Waals surface area contributed by atoms with Crippen molar-refractivity contribution in [1.29, 1.82) is 0 Å². The minimum absolute atomic E-state index is 0.332. The van der Waals surface area contributed by atoms with Gasteiger partial charge in [-0.2, -0.15) is 4.31 Å². The van der Waals surface area contributed by atoms with E-state index in [9.17, 15) is 8.42 Å². The van der Waals surface area contributed by atoms with E-state index < -0.39 is 10.0 Å². The molecule has 0 radical (unpaired) electrons. The Labute approximate surface area is 143 Å². The van der Waals surface area contributed by atoms with Gasteiger partial charge in [0.25, 0.3) is 10.0 Å². The average molecular weight is 414 g/mol. The molecule has 0 N–H and O–H groups in total. The summed E-state index contributed by atoms with van der Waals surface area (Å²) in [6.07, 6.45) is 4.69. The number of sulfonamides is 1. The highest BCUT2D eigenvalue weighted by Crippen LogP contribution is 2.37. The first-order valence-electron chi connectivity index (χ1n) is 7.17. The molecule has 0 aromatic carbocycles. The molecule has 1 atom stereocenters. The fourth-order valence-electron chi connectivity index (χ4n) is 3.09. The summed E-state index contributed by atoms with van der Waals surface area (Å²) in [5.74, 6) is 0. The molecular formula is C13H18BrClN2O2S2. The lowest BCUT2D eigenvalue weighted by molar-refractivity contribution is 0.169. The van der Waals surface area contributed by atoms with Gasteiger partial charge in [0.1, 0.15) is 4.21 Å². The quantitative estimate of drug-likeness (QED) is 0.762. The lowest BCUT2D eigenvalue weighted by Gasteiger charge is -2.32. The first-order chi connectivity index (χ1) is 9.98. The van der Waals surface area contributed by atoms with Crippen LogP contribution in [0.25, 0.3) is 0 Å². The van der Waals surface area contributed by atoms with Crippen molar-refractivity contribution < 1.29 is 8.42 Å². The lowest BCUT2D eigenvalue weighted by atomic mass is 10.1. The first kappa shape index (κ1) is 16.2. The van der Waals surface area contributed by atoms with Crippen LogP contribution >= 0.6 is 38.9 Å². The summed E-state index contributed by atoms with van der Waals surface area (Å²) in [6, 6.07) is 1.92. The van der Waals surface area contributed by atoms with E-state index >= 15 is 0 Å². The molecule has 118 valence electrons. The maximum absolute atomic E-state index is 12.7. The van der Waals surface area contributed by atoms with Crippen LogP contribution in [0, 0.1) is 0 Å². The third-order valence-corrected chi connectivity index (χ3v) is 9.04. The van der Waals surface area contributed by atoms with Gasteiger partial charge in [0, 0.05) is 19.1 Å². The Kier molecular flexibility index (Phi) is 4.98. The second-order valence-corrected chi connectivity index (χ2v) is 10.5. The van der Waals surface area contributed by atoms with E-state index in [0.717, 1.165) is 19.5 Å². The third-order valence-electron chi connectivity index (χ3n) is 4.25. The van der Waals surface area contributed by atoms with Gasteiger partial charge in [-0.15, -0.1) is 11.3 Å². The molecule has 3 rings (SSSR count). The highest BCUT2D eigenvalue weighted by molar-refractivity contribution is 9.11. The summed E-state index contributed by atoms with van der Waals surface area (Å²) in [5.41, 5.74) is 0. The second kappa shape index (κ2) is 6.45. The highest BCUT2D eigenvalue weighted by Gasteiger charge is 2.36. The monoisotopic (exact) mass is 412 g/mol. The molecule has 1 unspecified atom stereocenters. The van der Waals surface area contributed by atoms with Gasteiger partial charge in [0.15, 0.2) is 0 Å². The van der Waals surface area contributed by atoms with Crippen molar-refractivity contribution in [3.05, 3.63) is 14.9 Å². The van der Waals surface area contributed by atoms with Crippen LogP contribution in [0.4, 0.5) is 0 Å². The summed E-state index contributed by atoms with van der Waals surface area (Å²) >= 11 is 10.4. The fourth-order valence-corrected chi connectivity index (χ4v) is 7.14. The van der Waals surface area contributed by atoms with Gasteiger partial charge in [-0.25, -0.2) is 8.42 Å². The Bertz CT molecular complexity index is 594. The van der Waals surface area contributed by atoms with Crippen molar-refractivity contribution in [2.24, 2.45) is 0 Å². The van der Waals surface area contributed by atoms with E-state index in [1.807, 2.05) is 0 Å². The highest BCUT2D eigenvalue weighted by atomic mass is 79.9. The van der Waals surface area contributed by atoms with Crippen LogP contribution in [0.2, 0.25) is 5.02 Å². The summed E-state index contributed by atoms with van der Waals surface area (Å²) in [5, 5.41) is 0.463. The molecule has 4 nitrogen and oxygen atoms in total. The SMILES string of the molecule is O=S(=O)(c1cc(Cl)c(Br)s1)N1CCC(N2CCCCC2)C1. The molecule has 2 saturated heterocycles. The van der Waals surface area contributed by atoms with Gasteiger partial charge in [-0.1, -0.05) is 18.0 Å². The van der Waals surface area contributed by atoms with E-state index in [4.69, 9.17) is 11.6 Å². The fraction of sp³-hybridized carbons (Fsp3) is 0.692. The summed E-state index contributed by atoms with van der Waals surface area (Å²) in [7, 11) is -3.40. The zero-order valence-electron chi connectivity index (χ0n) is 11.6. The normalized spacial score (nSPS) is 25.5. The van der Waals surface area contributed by atoms with Crippen molar-refractivity contribution in [2.45, 2.75) is 35.9 Å². The Morgan fingerprint density at radius 3 is 2.57 bits per heavy atom. The number of likely N-dealkylation sites (tertiary alicyclic amines) is 1. The molecule has 0 spiro atoms. The minimum Gasteiger partial charge on any atom is -0.299 e. The molecule has 1 aromatic rings. The van der Waals surface area contributed by atoms with Gasteiger partial charge in [0.2, 0.25) is 0 Å². The smallest absolute Gasteiger partial charge is 0.252 e. The number of nitrogens with zero attached hydrogens (tertiary/aromatic N) is 2. The number of thiophene rings is 1. The van der Waals surface area contributed by atoms with E-state index in [1.54, 1.807) is 10.4 Å². The predicted octanol–water partition coefficient (Wildman–Crippen LogP) is 3.41. The largest absolute Gasteiger partial charge is 0.299 e. The average Bonchev–Trinajstić information content (AvgIpc) is 3.09. The second-order valence-electron chi connectivity index (χ2n) is 5.59. The molecule has 2 fully saturated rings. The topological polar surface area (TPSA) is 40.6 Å². The summed E-state index contributed by atoms with van der Waals surface area (Å²) in [6.45, 7) is 3.43. The molecule has 0 aliphatic carbocycles. The summed E-state index contributed by atoms with van der Waals surface area (Å²) in [4.78, 5) is 2.45. The van der Waals surface area contributed by atoms with Crippen molar-refractivity contribution in [2.75, 3.05) is 26.2 Å². The maximum atomic E-state index is 12.7. The van der Waals surface area contributed by atoms with Crippen LogP contribution in [0.1, 0.15) is 25.7 Å². The third kappa shape index (κ3) is 3.33. The Morgan fingerprint density at radius 1 is 1.24 bits per heavy atom. The molecule has 2 aliphatic heterocycles. The molecule has 0 bridgehead atoms. The van der Waals surface area contributed by atoms with Crippen molar-refractivity contribution in [3.63, 3.8) is 0 Å². The minimum atomic E-state index is -3.40. The number of hydrogen-bond donors (Lipinski definition) is 0. The van der Waals surface area contributed by atoms with E-state index in [2.05, 4.69) is 20.8 Å².